The zero-order chi connectivity index (χ0) is 16.9. The molecule has 0 unspecified atom stereocenters. The Bertz CT molecular complexity index is 547. The van der Waals surface area contributed by atoms with E-state index in [0.717, 1.165) is 44.6 Å². The predicted molar refractivity (Wildman–Crippen MR) is 90.5 cm³/mol. The van der Waals surface area contributed by atoms with Crippen LogP contribution in [-0.2, 0) is 16.0 Å². The number of nitrogens with one attached hydrogen (secondary N) is 1. The van der Waals surface area contributed by atoms with Crippen LogP contribution in [0.1, 0.15) is 57.3 Å². The van der Waals surface area contributed by atoms with Crippen molar-refractivity contribution in [3.8, 4) is 0 Å². The largest absolute Gasteiger partial charge is 0.366 e. The summed E-state index contributed by atoms with van der Waals surface area (Å²) in [6.07, 6.45) is 5.00. The van der Waals surface area contributed by atoms with E-state index in [1.165, 1.54) is 6.42 Å². The third-order valence-electron chi connectivity index (χ3n) is 5.01. The van der Waals surface area contributed by atoms with Crippen molar-refractivity contribution in [3.63, 3.8) is 0 Å². The normalized spacial score (nSPS) is 25.8. The molecule has 2 saturated heterocycles. The van der Waals surface area contributed by atoms with E-state index in [0.29, 0.717) is 25.5 Å². The number of H-pyrrole nitrogens is 1. The van der Waals surface area contributed by atoms with Gasteiger partial charge >= 0.3 is 0 Å². The van der Waals surface area contributed by atoms with Gasteiger partial charge in [-0.05, 0) is 32.4 Å². The number of likely N-dealkylation sites (N-methyl/N-ethyl adjacent to an activating group) is 1. The van der Waals surface area contributed by atoms with Crippen LogP contribution >= 0.6 is 0 Å². The van der Waals surface area contributed by atoms with E-state index >= 15 is 0 Å². The van der Waals surface area contributed by atoms with Gasteiger partial charge in [0.15, 0.2) is 5.82 Å². The maximum absolute atomic E-state index is 13.0. The second kappa shape index (κ2) is 8.07. The first kappa shape index (κ1) is 17.4. The summed E-state index contributed by atoms with van der Waals surface area (Å²) in [6, 6.07) is 0.0327. The summed E-state index contributed by atoms with van der Waals surface area (Å²) >= 11 is 0. The van der Waals surface area contributed by atoms with E-state index in [4.69, 9.17) is 4.74 Å². The topological polar surface area (TPSA) is 74.3 Å². The number of amides is 1. The van der Waals surface area contributed by atoms with Gasteiger partial charge in [-0.1, -0.05) is 20.3 Å². The fourth-order valence-electron chi connectivity index (χ4n) is 3.67. The second-order valence-electron chi connectivity index (χ2n) is 6.67. The van der Waals surface area contributed by atoms with E-state index in [2.05, 4.69) is 33.9 Å². The molecule has 7 heteroatoms. The highest BCUT2D eigenvalue weighted by Crippen LogP contribution is 2.23. The van der Waals surface area contributed by atoms with Crippen LogP contribution in [-0.4, -0.2) is 69.7 Å². The molecule has 0 aromatic carbocycles. The van der Waals surface area contributed by atoms with Crippen molar-refractivity contribution in [2.45, 2.75) is 58.1 Å². The highest BCUT2D eigenvalue weighted by atomic mass is 16.5. The average molecular weight is 335 g/mol. The van der Waals surface area contributed by atoms with E-state index in [1.54, 1.807) is 0 Å². The molecule has 1 aromatic rings. The highest BCUT2D eigenvalue weighted by molar-refractivity contribution is 5.82. The lowest BCUT2D eigenvalue weighted by Gasteiger charge is -2.39. The molecule has 7 nitrogen and oxygen atoms in total. The molecule has 2 aliphatic rings. The summed E-state index contributed by atoms with van der Waals surface area (Å²) in [6.45, 7) is 7.98. The highest BCUT2D eigenvalue weighted by Gasteiger charge is 2.35. The summed E-state index contributed by atoms with van der Waals surface area (Å²) < 4.78 is 5.82. The lowest BCUT2D eigenvalue weighted by atomic mass is 10.0. The number of hydrogen-bond donors (Lipinski definition) is 1. The molecule has 24 heavy (non-hydrogen) atoms. The first-order valence-electron chi connectivity index (χ1n) is 9.28. The Morgan fingerprint density at radius 3 is 3.00 bits per heavy atom. The fourth-order valence-corrected chi connectivity index (χ4v) is 3.67. The molecule has 0 radical (unpaired) electrons. The molecular weight excluding hydrogens is 306 g/mol. The van der Waals surface area contributed by atoms with E-state index < -0.39 is 0 Å². The number of piperidine rings is 1. The Kier molecular flexibility index (Phi) is 5.84. The predicted octanol–water partition coefficient (Wildman–Crippen LogP) is 1.53. The standard InChI is InChI=1S/C17H29N5O2/c1-3-7-15-18-16(20-19-15)14-12-22(10-11-24-14)17(23)13-8-5-6-9-21(13)4-2/h13-14H,3-12H2,1-2H3,(H,18,19,20)/t13-,14+/m0/s1. The molecule has 1 aromatic heterocycles. The van der Waals surface area contributed by atoms with Crippen molar-refractivity contribution in [3.05, 3.63) is 11.6 Å². The van der Waals surface area contributed by atoms with Crippen LogP contribution in [0, 0.1) is 0 Å². The second-order valence-corrected chi connectivity index (χ2v) is 6.67. The number of ether oxygens (including phenoxy) is 1. The van der Waals surface area contributed by atoms with Gasteiger partial charge in [0, 0.05) is 13.0 Å². The van der Waals surface area contributed by atoms with Crippen molar-refractivity contribution in [2.75, 3.05) is 32.8 Å². The van der Waals surface area contributed by atoms with Crippen LogP contribution in [0.3, 0.4) is 0 Å². The molecule has 0 bridgehead atoms. The minimum Gasteiger partial charge on any atom is -0.366 e. The van der Waals surface area contributed by atoms with Crippen LogP contribution in [0.2, 0.25) is 0 Å². The fraction of sp³-hybridized carbons (Fsp3) is 0.824. The minimum atomic E-state index is -0.219. The van der Waals surface area contributed by atoms with Crippen LogP contribution in [0.4, 0.5) is 0 Å². The molecule has 3 rings (SSSR count). The zero-order valence-electron chi connectivity index (χ0n) is 14.8. The molecular formula is C17H29N5O2. The number of aryl methyl sites for hydroxylation is 1. The lowest BCUT2D eigenvalue weighted by molar-refractivity contribution is -0.146. The van der Waals surface area contributed by atoms with Gasteiger partial charge in [-0.25, -0.2) is 4.98 Å². The van der Waals surface area contributed by atoms with Crippen molar-refractivity contribution in [1.29, 1.82) is 0 Å². The molecule has 1 N–H and O–H groups in total. The monoisotopic (exact) mass is 335 g/mol. The minimum absolute atomic E-state index is 0.0327. The van der Waals surface area contributed by atoms with Gasteiger partial charge < -0.3 is 9.64 Å². The number of morpholine rings is 1. The van der Waals surface area contributed by atoms with Gasteiger partial charge in [0.25, 0.3) is 0 Å². The van der Waals surface area contributed by atoms with Crippen LogP contribution in [0.25, 0.3) is 0 Å². The molecule has 1 amide bonds. The number of aromatic amines is 1. The number of nitrogens with zero attached hydrogens (tertiary/aromatic N) is 4. The number of carbonyl (C=O) groups excluding carboxylic acids is 1. The Hall–Kier alpha value is -1.47. The van der Waals surface area contributed by atoms with Gasteiger partial charge in [0.2, 0.25) is 5.91 Å². The first-order valence-corrected chi connectivity index (χ1v) is 9.28. The molecule has 2 atom stereocenters. The van der Waals surface area contributed by atoms with Gasteiger partial charge in [0.05, 0.1) is 19.2 Å². The maximum atomic E-state index is 13.0. The SMILES string of the molecule is CCCc1nc([C@H]2CN(C(=O)[C@@H]3CCCCN3CC)CCO2)n[nH]1. The summed E-state index contributed by atoms with van der Waals surface area (Å²) in [5.74, 6) is 1.81. The number of likely N-dealkylation sites (tertiary alicyclic amines) is 1. The quantitative estimate of drug-likeness (QED) is 0.883. The Labute approximate surface area is 143 Å². The van der Waals surface area contributed by atoms with Gasteiger partial charge in [-0.2, -0.15) is 5.10 Å². The van der Waals surface area contributed by atoms with E-state index in [-0.39, 0.29) is 18.1 Å². The molecule has 3 heterocycles. The van der Waals surface area contributed by atoms with Crippen molar-refractivity contribution in [1.82, 2.24) is 25.0 Å². The smallest absolute Gasteiger partial charge is 0.240 e. The lowest BCUT2D eigenvalue weighted by Crippen LogP contribution is -2.53. The molecule has 2 aliphatic heterocycles. The summed E-state index contributed by atoms with van der Waals surface area (Å²) in [5.41, 5.74) is 0. The van der Waals surface area contributed by atoms with E-state index in [9.17, 15) is 4.79 Å². The third-order valence-corrected chi connectivity index (χ3v) is 5.01. The van der Waals surface area contributed by atoms with E-state index in [1.807, 2.05) is 4.90 Å². The summed E-state index contributed by atoms with van der Waals surface area (Å²) in [5, 5.41) is 7.26. The molecule has 0 saturated carbocycles. The van der Waals surface area contributed by atoms with Crippen molar-refractivity contribution >= 4 is 5.91 Å². The zero-order valence-corrected chi connectivity index (χ0v) is 14.8. The van der Waals surface area contributed by atoms with Gasteiger partial charge in [-0.3, -0.25) is 14.8 Å². The Morgan fingerprint density at radius 2 is 2.21 bits per heavy atom. The van der Waals surface area contributed by atoms with Crippen LogP contribution in [0.5, 0.6) is 0 Å². The average Bonchev–Trinajstić information content (AvgIpc) is 3.10. The molecule has 134 valence electrons. The van der Waals surface area contributed by atoms with Crippen LogP contribution in [0.15, 0.2) is 0 Å². The third kappa shape index (κ3) is 3.78. The Balaban J connectivity index is 1.64. The number of rotatable bonds is 5. The molecule has 2 fully saturated rings. The van der Waals surface area contributed by atoms with Gasteiger partial charge in [0.1, 0.15) is 11.9 Å². The number of carbonyl (C=O) groups is 1. The van der Waals surface area contributed by atoms with Gasteiger partial charge in [-0.15, -0.1) is 0 Å². The summed E-state index contributed by atoms with van der Waals surface area (Å²) in [7, 11) is 0. The summed E-state index contributed by atoms with van der Waals surface area (Å²) in [4.78, 5) is 21.8. The Morgan fingerprint density at radius 1 is 1.33 bits per heavy atom. The van der Waals surface area contributed by atoms with Crippen molar-refractivity contribution < 1.29 is 9.53 Å². The number of hydrogen-bond acceptors (Lipinski definition) is 5. The maximum Gasteiger partial charge on any atom is 0.240 e. The van der Waals surface area contributed by atoms with Crippen LogP contribution < -0.4 is 0 Å². The van der Waals surface area contributed by atoms with Crippen molar-refractivity contribution in [2.24, 2.45) is 0 Å². The molecule has 0 aliphatic carbocycles. The first-order chi connectivity index (χ1) is 11.7. The number of aromatic nitrogens is 3. The molecule has 0 spiro atoms.